The highest BCUT2D eigenvalue weighted by atomic mass is 35.5. The van der Waals surface area contributed by atoms with E-state index in [-0.39, 0.29) is 0 Å². The van der Waals surface area contributed by atoms with Crippen molar-refractivity contribution >= 4 is 23.2 Å². The molecule has 94 valence electrons. The lowest BCUT2D eigenvalue weighted by molar-refractivity contribution is 0.355. The molecule has 1 aromatic carbocycles. The molecule has 1 aliphatic carbocycles. The Balaban J connectivity index is 2.24. The molecule has 17 heavy (non-hydrogen) atoms. The third kappa shape index (κ3) is 3.15. The molecule has 1 aliphatic rings. The maximum absolute atomic E-state index is 6.30. The zero-order valence-electron chi connectivity index (χ0n) is 10.3. The van der Waals surface area contributed by atoms with Crippen molar-refractivity contribution in [1.82, 2.24) is 5.32 Å². The first kappa shape index (κ1) is 13.2. The van der Waals surface area contributed by atoms with Gasteiger partial charge < -0.3 is 5.32 Å². The Labute approximate surface area is 114 Å². The lowest BCUT2D eigenvalue weighted by atomic mass is 9.90. The van der Waals surface area contributed by atoms with E-state index in [1.165, 1.54) is 18.4 Å². The molecule has 2 rings (SSSR count). The summed E-state index contributed by atoms with van der Waals surface area (Å²) >= 11 is 12.3. The van der Waals surface area contributed by atoms with Crippen molar-refractivity contribution in [2.75, 3.05) is 6.54 Å². The predicted molar refractivity (Wildman–Crippen MR) is 74.8 cm³/mol. The highest BCUT2D eigenvalue weighted by molar-refractivity contribution is 6.35. The number of nitrogens with one attached hydrogen (secondary N) is 1. The minimum atomic E-state index is 0.345. The minimum absolute atomic E-state index is 0.345. The predicted octanol–water partition coefficient (Wildman–Crippen LogP) is 4.69. The summed E-state index contributed by atoms with van der Waals surface area (Å²) in [6, 6.07) is 6.16. The van der Waals surface area contributed by atoms with Crippen molar-refractivity contribution in [2.24, 2.45) is 11.8 Å². The third-order valence-electron chi connectivity index (χ3n) is 3.61. The van der Waals surface area contributed by atoms with E-state index in [2.05, 4.69) is 25.2 Å². The maximum Gasteiger partial charge on any atom is 0.0468 e. The number of hydrogen-bond donors (Lipinski definition) is 1. The quantitative estimate of drug-likeness (QED) is 0.819. The van der Waals surface area contributed by atoms with Gasteiger partial charge >= 0.3 is 0 Å². The lowest BCUT2D eigenvalue weighted by Crippen LogP contribution is -2.28. The fraction of sp³-hybridized carbons (Fsp3) is 0.571. The van der Waals surface area contributed by atoms with Crippen LogP contribution in [-0.2, 0) is 0 Å². The van der Waals surface area contributed by atoms with E-state index in [0.717, 1.165) is 17.5 Å². The molecule has 1 fully saturated rings. The van der Waals surface area contributed by atoms with E-state index in [9.17, 15) is 0 Å². The van der Waals surface area contributed by atoms with Gasteiger partial charge in [-0.25, -0.2) is 0 Å². The molecule has 0 amide bonds. The molecule has 2 atom stereocenters. The number of hydrogen-bond acceptors (Lipinski definition) is 1. The van der Waals surface area contributed by atoms with Gasteiger partial charge in [-0.2, -0.15) is 0 Å². The SMILES string of the molecule is CCNC(c1ccc(Cl)cc1Cl)C(C)C1CC1. The summed E-state index contributed by atoms with van der Waals surface area (Å²) in [5, 5.41) is 5.03. The normalized spacial score (nSPS) is 19.1. The van der Waals surface area contributed by atoms with E-state index in [0.29, 0.717) is 17.0 Å². The average molecular weight is 272 g/mol. The smallest absolute Gasteiger partial charge is 0.0468 e. The molecule has 0 saturated heterocycles. The van der Waals surface area contributed by atoms with Crippen LogP contribution >= 0.6 is 23.2 Å². The van der Waals surface area contributed by atoms with Crippen molar-refractivity contribution in [3.05, 3.63) is 33.8 Å². The molecule has 0 heterocycles. The summed E-state index contributed by atoms with van der Waals surface area (Å²) in [6.07, 6.45) is 2.71. The number of rotatable bonds is 5. The summed E-state index contributed by atoms with van der Waals surface area (Å²) in [4.78, 5) is 0. The number of halogens is 2. The van der Waals surface area contributed by atoms with E-state index in [1.807, 2.05) is 12.1 Å². The van der Waals surface area contributed by atoms with Crippen LogP contribution in [0.15, 0.2) is 18.2 Å². The van der Waals surface area contributed by atoms with Crippen molar-refractivity contribution < 1.29 is 0 Å². The van der Waals surface area contributed by atoms with Crippen LogP contribution in [0.25, 0.3) is 0 Å². The van der Waals surface area contributed by atoms with Gasteiger partial charge in [0.15, 0.2) is 0 Å². The fourth-order valence-electron chi connectivity index (χ4n) is 2.45. The monoisotopic (exact) mass is 271 g/mol. The van der Waals surface area contributed by atoms with Crippen molar-refractivity contribution in [2.45, 2.75) is 32.7 Å². The molecule has 0 spiro atoms. The lowest BCUT2D eigenvalue weighted by Gasteiger charge is -2.26. The summed E-state index contributed by atoms with van der Waals surface area (Å²) < 4.78 is 0. The largest absolute Gasteiger partial charge is 0.310 e. The Morgan fingerprint density at radius 2 is 2.06 bits per heavy atom. The second-order valence-corrected chi connectivity index (χ2v) is 5.74. The van der Waals surface area contributed by atoms with Crippen molar-refractivity contribution in [3.63, 3.8) is 0 Å². The standard InChI is InChI=1S/C14H19Cl2N/c1-3-17-14(9(2)10-4-5-10)12-7-6-11(15)8-13(12)16/h6-10,14,17H,3-5H2,1-2H3. The molecule has 2 unspecified atom stereocenters. The molecule has 3 heteroatoms. The summed E-state index contributed by atoms with van der Waals surface area (Å²) in [7, 11) is 0. The first-order valence-electron chi connectivity index (χ1n) is 6.31. The maximum atomic E-state index is 6.30. The second kappa shape index (κ2) is 5.60. The van der Waals surface area contributed by atoms with Crippen molar-refractivity contribution in [3.8, 4) is 0 Å². The highest BCUT2D eigenvalue weighted by Crippen LogP contribution is 2.44. The zero-order valence-corrected chi connectivity index (χ0v) is 11.9. The Morgan fingerprint density at radius 3 is 2.59 bits per heavy atom. The average Bonchev–Trinajstić information content (AvgIpc) is 3.10. The zero-order chi connectivity index (χ0) is 12.4. The van der Waals surface area contributed by atoms with Gasteiger partial charge in [0.05, 0.1) is 0 Å². The third-order valence-corrected chi connectivity index (χ3v) is 4.18. The Bertz CT molecular complexity index is 388. The van der Waals surface area contributed by atoms with E-state index < -0.39 is 0 Å². The molecule has 0 bridgehead atoms. The first-order chi connectivity index (χ1) is 8.13. The van der Waals surface area contributed by atoms with Crippen LogP contribution in [0.4, 0.5) is 0 Å². The van der Waals surface area contributed by atoms with Crippen LogP contribution in [0.3, 0.4) is 0 Å². The van der Waals surface area contributed by atoms with E-state index in [4.69, 9.17) is 23.2 Å². The first-order valence-corrected chi connectivity index (χ1v) is 7.07. The molecular formula is C14H19Cl2N. The summed E-state index contributed by atoms with van der Waals surface area (Å²) in [6.45, 7) is 5.41. The molecule has 1 aromatic rings. The van der Waals surface area contributed by atoms with Gasteiger partial charge in [0.25, 0.3) is 0 Å². The van der Waals surface area contributed by atoms with Gasteiger partial charge in [0, 0.05) is 16.1 Å². The summed E-state index contributed by atoms with van der Waals surface area (Å²) in [5.74, 6) is 1.49. The molecule has 1 nitrogen and oxygen atoms in total. The topological polar surface area (TPSA) is 12.0 Å². The number of benzene rings is 1. The van der Waals surface area contributed by atoms with Crippen LogP contribution in [0.5, 0.6) is 0 Å². The van der Waals surface area contributed by atoms with Crippen LogP contribution in [-0.4, -0.2) is 6.54 Å². The molecule has 0 aliphatic heterocycles. The van der Waals surface area contributed by atoms with Crippen molar-refractivity contribution in [1.29, 1.82) is 0 Å². The summed E-state index contributed by atoms with van der Waals surface area (Å²) in [5.41, 5.74) is 1.18. The minimum Gasteiger partial charge on any atom is -0.310 e. The fourth-order valence-corrected chi connectivity index (χ4v) is 2.97. The van der Waals surface area contributed by atoms with Crippen LogP contribution in [0, 0.1) is 11.8 Å². The van der Waals surface area contributed by atoms with Gasteiger partial charge in [-0.15, -0.1) is 0 Å². The van der Waals surface area contributed by atoms with Gasteiger partial charge in [-0.3, -0.25) is 0 Å². The van der Waals surface area contributed by atoms with Gasteiger partial charge in [0.2, 0.25) is 0 Å². The van der Waals surface area contributed by atoms with Gasteiger partial charge in [0.1, 0.15) is 0 Å². The Hall–Kier alpha value is -0.240. The highest BCUT2D eigenvalue weighted by Gasteiger charge is 2.34. The molecule has 1 N–H and O–H groups in total. The van der Waals surface area contributed by atoms with Gasteiger partial charge in [-0.1, -0.05) is 43.1 Å². The molecule has 0 aromatic heterocycles. The molecule has 1 saturated carbocycles. The molecule has 0 radical (unpaired) electrons. The Morgan fingerprint density at radius 1 is 1.35 bits per heavy atom. The van der Waals surface area contributed by atoms with E-state index in [1.54, 1.807) is 0 Å². The molecular weight excluding hydrogens is 253 g/mol. The van der Waals surface area contributed by atoms with Crippen LogP contribution in [0.1, 0.15) is 38.3 Å². The van der Waals surface area contributed by atoms with E-state index >= 15 is 0 Å². The van der Waals surface area contributed by atoms with Gasteiger partial charge in [-0.05, 0) is 48.9 Å². The Kier molecular flexibility index (Phi) is 4.35. The van der Waals surface area contributed by atoms with Crippen LogP contribution < -0.4 is 5.32 Å². The second-order valence-electron chi connectivity index (χ2n) is 4.90. The van der Waals surface area contributed by atoms with Crippen LogP contribution in [0.2, 0.25) is 10.0 Å².